The molecule has 0 aromatic rings. The zero-order chi connectivity index (χ0) is 10.3. The molecule has 0 aromatic carbocycles. The number of thioether (sulfide) groups is 1. The highest BCUT2D eigenvalue weighted by molar-refractivity contribution is 7.99. The molecule has 3 aliphatic rings. The van der Waals surface area contributed by atoms with E-state index in [9.17, 15) is 5.11 Å². The van der Waals surface area contributed by atoms with Crippen molar-refractivity contribution in [2.24, 2.45) is 23.7 Å². The smallest absolute Gasteiger partial charge is 0.0579 e. The van der Waals surface area contributed by atoms with Gasteiger partial charge in [0.1, 0.15) is 0 Å². The molecule has 15 heavy (non-hydrogen) atoms. The van der Waals surface area contributed by atoms with Gasteiger partial charge in [0.05, 0.1) is 6.10 Å². The third-order valence-electron chi connectivity index (χ3n) is 4.94. The van der Waals surface area contributed by atoms with Crippen LogP contribution in [0.5, 0.6) is 0 Å². The summed E-state index contributed by atoms with van der Waals surface area (Å²) >= 11 is 2.02. The van der Waals surface area contributed by atoms with Gasteiger partial charge in [-0.15, -0.1) is 0 Å². The standard InChI is InChI=1S/C13H22OS/c14-13(11-3-4-15-8-11)7-12-6-9-1-2-10(12)5-9/h9-14H,1-8H2. The lowest BCUT2D eigenvalue weighted by Gasteiger charge is -2.26. The summed E-state index contributed by atoms with van der Waals surface area (Å²) < 4.78 is 0. The number of aliphatic hydroxyl groups is 1. The summed E-state index contributed by atoms with van der Waals surface area (Å²) in [4.78, 5) is 0. The fourth-order valence-electron chi connectivity index (χ4n) is 4.02. The predicted molar refractivity (Wildman–Crippen MR) is 65.0 cm³/mol. The number of hydrogen-bond acceptors (Lipinski definition) is 2. The van der Waals surface area contributed by atoms with Crippen LogP contribution < -0.4 is 0 Å². The quantitative estimate of drug-likeness (QED) is 0.798. The van der Waals surface area contributed by atoms with Gasteiger partial charge in [0.25, 0.3) is 0 Å². The molecule has 1 heterocycles. The molecule has 0 amide bonds. The van der Waals surface area contributed by atoms with Crippen molar-refractivity contribution in [3.63, 3.8) is 0 Å². The van der Waals surface area contributed by atoms with E-state index in [2.05, 4.69) is 0 Å². The molecule has 2 aliphatic carbocycles. The van der Waals surface area contributed by atoms with Gasteiger partial charge < -0.3 is 5.11 Å². The Morgan fingerprint density at radius 1 is 1.20 bits per heavy atom. The third kappa shape index (κ3) is 2.08. The second-order valence-electron chi connectivity index (χ2n) is 5.86. The number of rotatable bonds is 3. The van der Waals surface area contributed by atoms with Crippen LogP contribution in [0.3, 0.4) is 0 Å². The van der Waals surface area contributed by atoms with Crippen LogP contribution in [0, 0.1) is 23.7 Å². The van der Waals surface area contributed by atoms with E-state index in [0.29, 0.717) is 5.92 Å². The van der Waals surface area contributed by atoms with Crippen LogP contribution in [0.4, 0.5) is 0 Å². The topological polar surface area (TPSA) is 20.2 Å². The Morgan fingerprint density at radius 2 is 2.13 bits per heavy atom. The second-order valence-corrected chi connectivity index (χ2v) is 7.01. The zero-order valence-electron chi connectivity index (χ0n) is 9.40. The first-order valence-corrected chi connectivity index (χ1v) is 7.74. The molecule has 2 bridgehead atoms. The summed E-state index contributed by atoms with van der Waals surface area (Å²) in [5.41, 5.74) is 0. The van der Waals surface area contributed by atoms with E-state index in [1.165, 1.54) is 43.6 Å². The predicted octanol–water partition coefficient (Wildman–Crippen LogP) is 2.93. The lowest BCUT2D eigenvalue weighted by Crippen LogP contribution is -2.25. The van der Waals surface area contributed by atoms with Gasteiger partial charge >= 0.3 is 0 Å². The van der Waals surface area contributed by atoms with Crippen molar-refractivity contribution in [1.29, 1.82) is 0 Å². The fraction of sp³-hybridized carbons (Fsp3) is 1.00. The summed E-state index contributed by atoms with van der Waals surface area (Å²) in [5.74, 6) is 6.00. The highest BCUT2D eigenvalue weighted by Crippen LogP contribution is 2.50. The van der Waals surface area contributed by atoms with Crippen molar-refractivity contribution < 1.29 is 5.11 Å². The molecule has 3 rings (SSSR count). The average molecular weight is 226 g/mol. The van der Waals surface area contributed by atoms with Crippen molar-refractivity contribution in [3.8, 4) is 0 Å². The molecule has 1 aliphatic heterocycles. The van der Waals surface area contributed by atoms with Gasteiger partial charge in [-0.25, -0.2) is 0 Å². The molecule has 2 heteroatoms. The van der Waals surface area contributed by atoms with Gasteiger partial charge in [-0.05, 0) is 67.3 Å². The molecule has 1 N–H and O–H groups in total. The van der Waals surface area contributed by atoms with Crippen LogP contribution in [0.1, 0.15) is 38.5 Å². The largest absolute Gasteiger partial charge is 0.393 e. The van der Waals surface area contributed by atoms with Gasteiger partial charge in [0, 0.05) is 0 Å². The van der Waals surface area contributed by atoms with Crippen molar-refractivity contribution in [3.05, 3.63) is 0 Å². The molecule has 0 spiro atoms. The molecule has 3 fully saturated rings. The average Bonchev–Trinajstić information content (AvgIpc) is 2.95. The van der Waals surface area contributed by atoms with Gasteiger partial charge in [0.2, 0.25) is 0 Å². The summed E-state index contributed by atoms with van der Waals surface area (Å²) in [6, 6.07) is 0. The zero-order valence-corrected chi connectivity index (χ0v) is 10.2. The van der Waals surface area contributed by atoms with Crippen molar-refractivity contribution >= 4 is 11.8 Å². The minimum Gasteiger partial charge on any atom is -0.393 e. The Hall–Kier alpha value is 0.310. The van der Waals surface area contributed by atoms with Crippen molar-refractivity contribution in [1.82, 2.24) is 0 Å². The molecule has 0 radical (unpaired) electrons. The molecule has 1 saturated heterocycles. The Kier molecular flexibility index (Phi) is 2.99. The maximum absolute atomic E-state index is 10.2. The van der Waals surface area contributed by atoms with Crippen LogP contribution >= 0.6 is 11.8 Å². The SMILES string of the molecule is OC(CC1CC2CCC1C2)C1CCSC1. The molecule has 2 saturated carbocycles. The van der Waals surface area contributed by atoms with Gasteiger partial charge in [-0.3, -0.25) is 0 Å². The van der Waals surface area contributed by atoms with Crippen molar-refractivity contribution in [2.45, 2.75) is 44.6 Å². The number of fused-ring (bicyclic) bond motifs is 2. The Balaban J connectivity index is 1.52. The second kappa shape index (κ2) is 4.29. The Morgan fingerprint density at radius 3 is 2.73 bits per heavy atom. The van der Waals surface area contributed by atoms with E-state index in [4.69, 9.17) is 0 Å². The lowest BCUT2D eigenvalue weighted by atomic mass is 9.82. The summed E-state index contributed by atoms with van der Waals surface area (Å²) in [6.07, 6.45) is 8.25. The first-order valence-electron chi connectivity index (χ1n) is 6.58. The molecular weight excluding hydrogens is 204 g/mol. The molecule has 5 unspecified atom stereocenters. The van der Waals surface area contributed by atoms with E-state index in [1.54, 1.807) is 0 Å². The van der Waals surface area contributed by atoms with Crippen LogP contribution in [0.2, 0.25) is 0 Å². The molecule has 1 nitrogen and oxygen atoms in total. The molecule has 86 valence electrons. The molecule has 0 aromatic heterocycles. The maximum atomic E-state index is 10.2. The van der Waals surface area contributed by atoms with Gasteiger partial charge in [0.15, 0.2) is 0 Å². The maximum Gasteiger partial charge on any atom is 0.0579 e. The van der Waals surface area contributed by atoms with E-state index < -0.39 is 0 Å². The van der Waals surface area contributed by atoms with Crippen LogP contribution in [0.15, 0.2) is 0 Å². The Labute approximate surface area is 97.0 Å². The first kappa shape index (κ1) is 10.5. The number of hydrogen-bond donors (Lipinski definition) is 1. The monoisotopic (exact) mass is 226 g/mol. The van der Waals surface area contributed by atoms with E-state index in [-0.39, 0.29) is 6.10 Å². The third-order valence-corrected chi connectivity index (χ3v) is 6.13. The van der Waals surface area contributed by atoms with Crippen molar-refractivity contribution in [2.75, 3.05) is 11.5 Å². The highest BCUT2D eigenvalue weighted by Gasteiger charge is 2.40. The first-order chi connectivity index (χ1) is 7.33. The van der Waals surface area contributed by atoms with Gasteiger partial charge in [-0.1, -0.05) is 6.42 Å². The number of aliphatic hydroxyl groups excluding tert-OH is 1. The summed E-state index contributed by atoms with van der Waals surface area (Å²) in [5, 5.41) is 10.2. The van der Waals surface area contributed by atoms with E-state index in [1.807, 2.05) is 11.8 Å². The fourth-order valence-corrected chi connectivity index (χ4v) is 5.35. The van der Waals surface area contributed by atoms with Crippen LogP contribution in [-0.4, -0.2) is 22.7 Å². The normalized spacial score (nSPS) is 46.2. The minimum atomic E-state index is 0.0179. The Bertz CT molecular complexity index is 225. The minimum absolute atomic E-state index is 0.0179. The van der Waals surface area contributed by atoms with E-state index in [0.717, 1.165) is 24.2 Å². The van der Waals surface area contributed by atoms with E-state index >= 15 is 0 Å². The summed E-state index contributed by atoms with van der Waals surface area (Å²) in [6.45, 7) is 0. The molecule has 5 atom stereocenters. The summed E-state index contributed by atoms with van der Waals surface area (Å²) in [7, 11) is 0. The van der Waals surface area contributed by atoms with Gasteiger partial charge in [-0.2, -0.15) is 11.8 Å². The van der Waals surface area contributed by atoms with Crippen LogP contribution in [-0.2, 0) is 0 Å². The lowest BCUT2D eigenvalue weighted by molar-refractivity contribution is 0.0804. The highest BCUT2D eigenvalue weighted by atomic mass is 32.2. The molecular formula is C13H22OS. The van der Waals surface area contributed by atoms with Crippen LogP contribution in [0.25, 0.3) is 0 Å².